The van der Waals surface area contributed by atoms with Gasteiger partial charge < -0.3 is 15.6 Å². The SMILES string of the molecule is CC(C)(C)OC(=O)c1cc2ccccc2c(N)c1C(=O)O. The third-order valence-electron chi connectivity index (χ3n) is 2.92. The normalized spacial score (nSPS) is 11.4. The standard InChI is InChI=1S/C16H17NO4/c1-16(2,3)21-15(20)11-8-9-6-4-5-7-10(9)13(17)12(11)14(18)19/h4-8H,17H2,1-3H3,(H,18,19). The minimum absolute atomic E-state index is 0.0337. The van der Waals surface area contributed by atoms with Crippen LogP contribution in [-0.4, -0.2) is 22.6 Å². The molecule has 21 heavy (non-hydrogen) atoms. The van der Waals surface area contributed by atoms with Crippen LogP contribution in [0.25, 0.3) is 10.8 Å². The number of nitrogens with two attached hydrogens (primary N) is 1. The summed E-state index contributed by atoms with van der Waals surface area (Å²) in [5, 5.41) is 10.7. The summed E-state index contributed by atoms with van der Waals surface area (Å²) in [5.41, 5.74) is 5.04. The molecule has 2 aromatic rings. The first-order chi connectivity index (χ1) is 9.70. The van der Waals surface area contributed by atoms with E-state index >= 15 is 0 Å². The van der Waals surface area contributed by atoms with Gasteiger partial charge in [0.1, 0.15) is 5.60 Å². The molecular weight excluding hydrogens is 270 g/mol. The molecule has 0 unspecified atom stereocenters. The molecule has 0 aliphatic carbocycles. The first kappa shape index (κ1) is 14.8. The largest absolute Gasteiger partial charge is 0.478 e. The number of hydrogen-bond donors (Lipinski definition) is 2. The fourth-order valence-electron chi connectivity index (χ4n) is 2.10. The van der Waals surface area contributed by atoms with Crippen molar-refractivity contribution in [3.8, 4) is 0 Å². The summed E-state index contributed by atoms with van der Waals surface area (Å²) in [6.07, 6.45) is 0. The fraction of sp³-hybridized carbons (Fsp3) is 0.250. The lowest BCUT2D eigenvalue weighted by Gasteiger charge is -2.21. The Bertz CT molecular complexity index is 729. The predicted octanol–water partition coefficient (Wildman–Crippen LogP) is 3.08. The number of fused-ring (bicyclic) bond motifs is 1. The summed E-state index contributed by atoms with van der Waals surface area (Å²) in [4.78, 5) is 23.7. The molecule has 0 saturated carbocycles. The molecule has 0 atom stereocenters. The first-order valence-corrected chi connectivity index (χ1v) is 6.48. The number of esters is 1. The van der Waals surface area contributed by atoms with E-state index in [1.54, 1.807) is 45.0 Å². The number of hydrogen-bond acceptors (Lipinski definition) is 4. The van der Waals surface area contributed by atoms with Crippen LogP contribution in [0.4, 0.5) is 5.69 Å². The van der Waals surface area contributed by atoms with Crippen LogP contribution in [0.15, 0.2) is 30.3 Å². The van der Waals surface area contributed by atoms with Crippen molar-refractivity contribution in [1.29, 1.82) is 0 Å². The zero-order valence-corrected chi connectivity index (χ0v) is 12.1. The Labute approximate surface area is 122 Å². The number of benzene rings is 2. The monoisotopic (exact) mass is 287 g/mol. The summed E-state index contributed by atoms with van der Waals surface area (Å²) in [6, 6.07) is 8.54. The van der Waals surface area contributed by atoms with Crippen LogP contribution >= 0.6 is 0 Å². The second-order valence-electron chi connectivity index (χ2n) is 5.74. The van der Waals surface area contributed by atoms with Crippen LogP contribution in [0.2, 0.25) is 0 Å². The van der Waals surface area contributed by atoms with Crippen LogP contribution in [0, 0.1) is 0 Å². The van der Waals surface area contributed by atoms with Gasteiger partial charge in [-0.1, -0.05) is 24.3 Å². The van der Waals surface area contributed by atoms with E-state index in [-0.39, 0.29) is 16.8 Å². The third-order valence-corrected chi connectivity index (χ3v) is 2.92. The lowest BCUT2D eigenvalue weighted by atomic mass is 9.98. The van der Waals surface area contributed by atoms with Crippen molar-refractivity contribution in [2.75, 3.05) is 5.73 Å². The van der Waals surface area contributed by atoms with Gasteiger partial charge in [-0.05, 0) is 32.2 Å². The molecular formula is C16H17NO4. The van der Waals surface area contributed by atoms with Gasteiger partial charge in [-0.3, -0.25) is 0 Å². The molecule has 0 radical (unpaired) electrons. The molecule has 0 saturated heterocycles. The van der Waals surface area contributed by atoms with Crippen LogP contribution in [-0.2, 0) is 4.74 Å². The number of ether oxygens (including phenoxy) is 1. The number of anilines is 1. The average Bonchev–Trinajstić information content (AvgIpc) is 2.36. The minimum atomic E-state index is -1.25. The van der Waals surface area contributed by atoms with Crippen LogP contribution in [0.5, 0.6) is 0 Å². The van der Waals surface area contributed by atoms with Crippen molar-refractivity contribution in [2.45, 2.75) is 26.4 Å². The van der Waals surface area contributed by atoms with Gasteiger partial charge in [-0.15, -0.1) is 0 Å². The Morgan fingerprint density at radius 1 is 1.19 bits per heavy atom. The van der Waals surface area contributed by atoms with Gasteiger partial charge in [-0.2, -0.15) is 0 Å². The number of carbonyl (C=O) groups excluding carboxylic acids is 1. The van der Waals surface area contributed by atoms with Gasteiger partial charge in [-0.25, -0.2) is 9.59 Å². The van der Waals surface area contributed by atoms with Crippen molar-refractivity contribution in [3.63, 3.8) is 0 Å². The molecule has 5 heteroatoms. The van der Waals surface area contributed by atoms with E-state index in [0.29, 0.717) is 10.8 Å². The van der Waals surface area contributed by atoms with Gasteiger partial charge >= 0.3 is 11.9 Å². The zero-order valence-electron chi connectivity index (χ0n) is 12.1. The van der Waals surface area contributed by atoms with Gasteiger partial charge in [0.2, 0.25) is 0 Å². The number of carbonyl (C=O) groups is 2. The molecule has 0 aliphatic heterocycles. The third kappa shape index (κ3) is 2.97. The molecule has 5 nitrogen and oxygen atoms in total. The van der Waals surface area contributed by atoms with Gasteiger partial charge in [0.15, 0.2) is 0 Å². The molecule has 0 amide bonds. The molecule has 0 bridgehead atoms. The average molecular weight is 287 g/mol. The Balaban J connectivity index is 2.69. The highest BCUT2D eigenvalue weighted by Crippen LogP contribution is 2.29. The molecule has 3 N–H and O–H groups in total. The number of rotatable bonds is 2. The Kier molecular flexibility index (Phi) is 3.60. The number of carboxylic acids is 1. The maximum atomic E-state index is 12.2. The van der Waals surface area contributed by atoms with Crippen LogP contribution < -0.4 is 5.73 Å². The fourth-order valence-corrected chi connectivity index (χ4v) is 2.10. The van der Waals surface area contributed by atoms with Crippen molar-refractivity contribution in [2.24, 2.45) is 0 Å². The van der Waals surface area contributed by atoms with Gasteiger partial charge in [0.05, 0.1) is 16.8 Å². The molecule has 0 fully saturated rings. The molecule has 0 aliphatic rings. The Morgan fingerprint density at radius 2 is 1.81 bits per heavy atom. The van der Waals surface area contributed by atoms with Crippen LogP contribution in [0.3, 0.4) is 0 Å². The quantitative estimate of drug-likeness (QED) is 0.654. The molecule has 0 heterocycles. The summed E-state index contributed by atoms with van der Waals surface area (Å²) < 4.78 is 5.26. The lowest BCUT2D eigenvalue weighted by Crippen LogP contribution is -2.25. The van der Waals surface area contributed by atoms with Crippen LogP contribution in [0.1, 0.15) is 41.5 Å². The molecule has 0 aromatic heterocycles. The Hall–Kier alpha value is -2.56. The maximum absolute atomic E-state index is 12.2. The van der Waals surface area contributed by atoms with E-state index in [1.165, 1.54) is 6.07 Å². The highest BCUT2D eigenvalue weighted by Gasteiger charge is 2.26. The predicted molar refractivity (Wildman–Crippen MR) is 80.5 cm³/mol. The van der Waals surface area contributed by atoms with E-state index in [1.807, 2.05) is 0 Å². The molecule has 0 spiro atoms. The summed E-state index contributed by atoms with van der Waals surface area (Å²) in [5.74, 6) is -1.95. The minimum Gasteiger partial charge on any atom is -0.478 e. The lowest BCUT2D eigenvalue weighted by molar-refractivity contribution is 0.00661. The highest BCUT2D eigenvalue weighted by atomic mass is 16.6. The summed E-state index contributed by atoms with van der Waals surface area (Å²) >= 11 is 0. The van der Waals surface area contributed by atoms with Crippen molar-refractivity contribution < 1.29 is 19.4 Å². The van der Waals surface area contributed by atoms with Crippen molar-refractivity contribution >= 4 is 28.4 Å². The highest BCUT2D eigenvalue weighted by molar-refractivity contribution is 6.13. The van der Waals surface area contributed by atoms with Crippen molar-refractivity contribution in [3.05, 3.63) is 41.5 Å². The summed E-state index contributed by atoms with van der Waals surface area (Å²) in [7, 11) is 0. The molecule has 2 rings (SSSR count). The maximum Gasteiger partial charge on any atom is 0.339 e. The van der Waals surface area contributed by atoms with Gasteiger partial charge in [0.25, 0.3) is 0 Å². The van der Waals surface area contributed by atoms with E-state index in [9.17, 15) is 14.7 Å². The van der Waals surface area contributed by atoms with E-state index in [0.717, 1.165) is 0 Å². The smallest absolute Gasteiger partial charge is 0.339 e. The summed E-state index contributed by atoms with van der Waals surface area (Å²) in [6.45, 7) is 5.15. The van der Waals surface area contributed by atoms with Gasteiger partial charge in [0, 0.05) is 5.39 Å². The second kappa shape index (κ2) is 5.09. The second-order valence-corrected chi connectivity index (χ2v) is 5.74. The van der Waals surface area contributed by atoms with Crippen molar-refractivity contribution in [1.82, 2.24) is 0 Å². The van der Waals surface area contributed by atoms with E-state index in [4.69, 9.17) is 10.5 Å². The topological polar surface area (TPSA) is 89.6 Å². The first-order valence-electron chi connectivity index (χ1n) is 6.48. The van der Waals surface area contributed by atoms with E-state index < -0.39 is 17.5 Å². The number of aromatic carboxylic acids is 1. The Morgan fingerprint density at radius 3 is 2.38 bits per heavy atom. The number of carboxylic acid groups (broad SMARTS) is 1. The molecule has 110 valence electrons. The molecule has 2 aromatic carbocycles. The zero-order chi connectivity index (χ0) is 15.8. The number of nitrogen functional groups attached to an aromatic ring is 1. The van der Waals surface area contributed by atoms with E-state index in [2.05, 4.69) is 0 Å².